The van der Waals surface area contributed by atoms with Crippen LogP contribution in [0.4, 0.5) is 0 Å². The molecular formula is C15H25NS. The van der Waals surface area contributed by atoms with Crippen LogP contribution in [-0.4, -0.2) is 6.26 Å². The molecule has 1 nitrogen and oxygen atoms in total. The maximum atomic E-state index is 5.89. The maximum absolute atomic E-state index is 5.89. The molecule has 96 valence electrons. The predicted molar refractivity (Wildman–Crippen MR) is 84.3 cm³/mol. The van der Waals surface area contributed by atoms with E-state index in [0.717, 1.165) is 11.3 Å². The van der Waals surface area contributed by atoms with E-state index in [0.29, 0.717) is 0 Å². The van der Waals surface area contributed by atoms with Crippen LogP contribution in [0, 0.1) is 0 Å². The maximum Gasteiger partial charge on any atom is 0.0390 e. The van der Waals surface area contributed by atoms with Crippen molar-refractivity contribution in [2.75, 3.05) is 6.26 Å². The third-order valence-corrected chi connectivity index (χ3v) is 1.95. The van der Waals surface area contributed by atoms with Crippen molar-refractivity contribution in [3.63, 3.8) is 0 Å². The number of nitrogens with two attached hydrogens (primary N) is 1. The average Bonchev–Trinajstić information content (AvgIpc) is 2.44. The molecule has 1 rings (SSSR count). The molecule has 0 amide bonds. The molecule has 0 aliphatic rings. The third kappa shape index (κ3) is 8.64. The first-order valence-corrected chi connectivity index (χ1v) is 6.73. The van der Waals surface area contributed by atoms with Gasteiger partial charge in [-0.3, -0.25) is 0 Å². The topological polar surface area (TPSA) is 26.0 Å². The molecule has 0 bridgehead atoms. The van der Waals surface area contributed by atoms with E-state index in [-0.39, 0.29) is 0 Å². The van der Waals surface area contributed by atoms with E-state index < -0.39 is 0 Å². The van der Waals surface area contributed by atoms with Crippen molar-refractivity contribution < 1.29 is 0 Å². The Morgan fingerprint density at radius 3 is 2.00 bits per heavy atom. The molecule has 1 aromatic carbocycles. The highest BCUT2D eigenvalue weighted by Gasteiger charge is 1.93. The summed E-state index contributed by atoms with van der Waals surface area (Å²) in [6.07, 6.45) is 5.71. The van der Waals surface area contributed by atoms with Crippen LogP contribution in [0.3, 0.4) is 0 Å². The highest BCUT2D eigenvalue weighted by Crippen LogP contribution is 2.10. The SMILES string of the molecule is C/C=C(C)\C=C(/N)c1ccccc1.CC.CS. The Hall–Kier alpha value is -1.15. The summed E-state index contributed by atoms with van der Waals surface area (Å²) in [5, 5.41) is 0. The molecule has 0 aliphatic carbocycles. The van der Waals surface area contributed by atoms with Crippen LogP contribution in [0.25, 0.3) is 5.70 Å². The Bertz CT molecular complexity index is 326. The number of benzene rings is 1. The highest BCUT2D eigenvalue weighted by molar-refractivity contribution is 7.79. The first kappa shape index (κ1) is 18.2. The number of hydrogen-bond acceptors (Lipinski definition) is 2. The van der Waals surface area contributed by atoms with Crippen LogP contribution in [0.2, 0.25) is 0 Å². The van der Waals surface area contributed by atoms with Gasteiger partial charge in [0.1, 0.15) is 0 Å². The molecular weight excluding hydrogens is 226 g/mol. The van der Waals surface area contributed by atoms with Gasteiger partial charge in [0.05, 0.1) is 0 Å². The van der Waals surface area contributed by atoms with E-state index in [1.165, 1.54) is 5.57 Å². The van der Waals surface area contributed by atoms with Crippen molar-refractivity contribution in [1.82, 2.24) is 0 Å². The van der Waals surface area contributed by atoms with Crippen molar-refractivity contribution in [2.24, 2.45) is 5.73 Å². The molecule has 0 radical (unpaired) electrons. The summed E-state index contributed by atoms with van der Waals surface area (Å²) in [6, 6.07) is 9.98. The minimum absolute atomic E-state index is 0.816. The van der Waals surface area contributed by atoms with Gasteiger partial charge >= 0.3 is 0 Å². The van der Waals surface area contributed by atoms with Crippen molar-refractivity contribution in [1.29, 1.82) is 0 Å². The monoisotopic (exact) mass is 251 g/mol. The van der Waals surface area contributed by atoms with E-state index in [1.54, 1.807) is 6.26 Å². The van der Waals surface area contributed by atoms with Crippen LogP contribution in [0.15, 0.2) is 48.1 Å². The van der Waals surface area contributed by atoms with Crippen molar-refractivity contribution in [3.8, 4) is 0 Å². The molecule has 0 atom stereocenters. The third-order valence-electron chi connectivity index (χ3n) is 1.95. The molecule has 0 aromatic heterocycles. The second-order valence-electron chi connectivity index (χ2n) is 3.00. The molecule has 0 spiro atoms. The Morgan fingerprint density at radius 1 is 1.12 bits per heavy atom. The van der Waals surface area contributed by atoms with Gasteiger partial charge < -0.3 is 5.73 Å². The van der Waals surface area contributed by atoms with E-state index in [1.807, 2.05) is 70.2 Å². The summed E-state index contributed by atoms with van der Waals surface area (Å²) >= 11 is 3.53. The highest BCUT2D eigenvalue weighted by atomic mass is 32.1. The zero-order valence-electron chi connectivity index (χ0n) is 11.6. The number of allylic oxidation sites excluding steroid dienone is 3. The van der Waals surface area contributed by atoms with Gasteiger partial charge in [0, 0.05) is 5.70 Å². The molecule has 2 heteroatoms. The zero-order chi connectivity index (χ0) is 13.7. The van der Waals surface area contributed by atoms with Crippen molar-refractivity contribution in [3.05, 3.63) is 53.6 Å². The summed E-state index contributed by atoms with van der Waals surface area (Å²) < 4.78 is 0. The summed E-state index contributed by atoms with van der Waals surface area (Å²) in [4.78, 5) is 0. The lowest BCUT2D eigenvalue weighted by Crippen LogP contribution is -1.95. The fourth-order valence-corrected chi connectivity index (χ4v) is 1.04. The van der Waals surface area contributed by atoms with E-state index in [2.05, 4.69) is 12.6 Å². The molecule has 0 fully saturated rings. The van der Waals surface area contributed by atoms with Gasteiger partial charge in [-0.1, -0.05) is 55.8 Å². The quantitative estimate of drug-likeness (QED) is 0.586. The van der Waals surface area contributed by atoms with Gasteiger partial charge in [-0.2, -0.15) is 12.6 Å². The molecule has 0 saturated carbocycles. The van der Waals surface area contributed by atoms with Crippen molar-refractivity contribution in [2.45, 2.75) is 27.7 Å². The van der Waals surface area contributed by atoms with E-state index >= 15 is 0 Å². The van der Waals surface area contributed by atoms with Crippen LogP contribution in [0.5, 0.6) is 0 Å². The smallest absolute Gasteiger partial charge is 0.0390 e. The van der Waals surface area contributed by atoms with E-state index in [9.17, 15) is 0 Å². The number of thiol groups is 1. The number of hydrogen-bond donors (Lipinski definition) is 2. The average molecular weight is 251 g/mol. The largest absolute Gasteiger partial charge is 0.398 e. The van der Waals surface area contributed by atoms with Gasteiger partial charge in [0.15, 0.2) is 0 Å². The first-order chi connectivity index (χ1) is 8.24. The minimum atomic E-state index is 0.816. The van der Waals surface area contributed by atoms with Gasteiger partial charge in [0.2, 0.25) is 0 Å². The number of rotatable bonds is 2. The van der Waals surface area contributed by atoms with E-state index in [4.69, 9.17) is 5.73 Å². The summed E-state index contributed by atoms with van der Waals surface area (Å²) in [5.41, 5.74) is 8.96. The molecule has 0 heterocycles. The molecule has 0 aliphatic heterocycles. The minimum Gasteiger partial charge on any atom is -0.398 e. The molecule has 0 saturated heterocycles. The summed E-state index contributed by atoms with van der Waals surface area (Å²) in [7, 11) is 0. The Morgan fingerprint density at radius 2 is 1.59 bits per heavy atom. The summed E-state index contributed by atoms with van der Waals surface area (Å²) in [5.74, 6) is 0. The Kier molecular flexibility index (Phi) is 13.8. The van der Waals surface area contributed by atoms with Crippen LogP contribution < -0.4 is 5.73 Å². The Labute approximate surface area is 112 Å². The van der Waals surface area contributed by atoms with Crippen LogP contribution >= 0.6 is 12.6 Å². The second kappa shape index (κ2) is 12.9. The standard InChI is InChI=1S/C12H15N.C2H6.CH4S/c1-3-10(2)9-12(13)11-7-5-4-6-8-11;2*1-2/h3-9H,13H2,1-2H3;1-2H3;2H,1H3/b10-3-,12-9-;;. The zero-order valence-corrected chi connectivity index (χ0v) is 12.5. The lowest BCUT2D eigenvalue weighted by Gasteiger charge is -2.00. The predicted octanol–water partition coefficient (Wildman–Crippen LogP) is 4.52. The first-order valence-electron chi connectivity index (χ1n) is 5.84. The molecule has 0 unspecified atom stereocenters. The van der Waals surface area contributed by atoms with Gasteiger partial charge in [-0.05, 0) is 31.7 Å². The molecule has 2 N–H and O–H groups in total. The second-order valence-corrected chi connectivity index (χ2v) is 3.00. The van der Waals surface area contributed by atoms with Crippen LogP contribution in [-0.2, 0) is 0 Å². The lowest BCUT2D eigenvalue weighted by molar-refractivity contribution is 1.44. The Balaban J connectivity index is 0. The summed E-state index contributed by atoms with van der Waals surface area (Å²) in [6.45, 7) is 8.04. The van der Waals surface area contributed by atoms with Crippen LogP contribution in [0.1, 0.15) is 33.3 Å². The molecule has 17 heavy (non-hydrogen) atoms. The fraction of sp³-hybridized carbons (Fsp3) is 0.333. The molecule has 1 aromatic rings. The van der Waals surface area contributed by atoms with Gasteiger partial charge in [-0.25, -0.2) is 0 Å². The normalized spacial score (nSPS) is 10.7. The van der Waals surface area contributed by atoms with Gasteiger partial charge in [0.25, 0.3) is 0 Å². The van der Waals surface area contributed by atoms with Gasteiger partial charge in [-0.15, -0.1) is 0 Å². The van der Waals surface area contributed by atoms with Crippen molar-refractivity contribution >= 4 is 18.3 Å². The fourth-order valence-electron chi connectivity index (χ4n) is 1.04. The lowest BCUT2D eigenvalue weighted by atomic mass is 10.1.